The van der Waals surface area contributed by atoms with Crippen LogP contribution < -0.4 is 4.74 Å². The van der Waals surface area contributed by atoms with Crippen LogP contribution in [0.3, 0.4) is 0 Å². The first-order valence-corrected chi connectivity index (χ1v) is 6.89. The standard InChI is InChI=1S/C16H16N2O3/c1-21-12-6-2-10(3-7-12)8-14-17-9-13(16(19)20)15(18-14)11-4-5-11/h2-3,6-7,9,11H,4-5,8H2,1H3,(H,19,20). The molecule has 1 N–H and O–H groups in total. The average molecular weight is 284 g/mol. The van der Waals surface area contributed by atoms with E-state index in [-0.39, 0.29) is 11.5 Å². The van der Waals surface area contributed by atoms with Gasteiger partial charge in [0.1, 0.15) is 11.6 Å². The summed E-state index contributed by atoms with van der Waals surface area (Å²) in [5.74, 6) is 0.799. The quantitative estimate of drug-likeness (QED) is 0.913. The van der Waals surface area contributed by atoms with Crippen molar-refractivity contribution in [3.8, 4) is 5.75 Å². The van der Waals surface area contributed by atoms with E-state index in [0.29, 0.717) is 17.9 Å². The topological polar surface area (TPSA) is 72.3 Å². The maximum absolute atomic E-state index is 11.2. The lowest BCUT2D eigenvalue weighted by atomic mass is 10.1. The number of rotatable bonds is 5. The van der Waals surface area contributed by atoms with Crippen LogP contribution in [0.2, 0.25) is 0 Å². The second-order valence-electron chi connectivity index (χ2n) is 5.19. The van der Waals surface area contributed by atoms with E-state index >= 15 is 0 Å². The average Bonchev–Trinajstić information content (AvgIpc) is 3.32. The number of hydrogen-bond acceptors (Lipinski definition) is 4. The fraction of sp³-hybridized carbons (Fsp3) is 0.312. The summed E-state index contributed by atoms with van der Waals surface area (Å²) >= 11 is 0. The molecule has 1 aromatic heterocycles. The van der Waals surface area contributed by atoms with E-state index in [2.05, 4.69) is 9.97 Å². The first-order chi connectivity index (χ1) is 10.2. The smallest absolute Gasteiger partial charge is 0.339 e. The number of aromatic carboxylic acids is 1. The van der Waals surface area contributed by atoms with Gasteiger partial charge in [-0.25, -0.2) is 14.8 Å². The molecule has 1 aromatic carbocycles. The molecule has 1 aliphatic carbocycles. The van der Waals surface area contributed by atoms with Crippen LogP contribution in [-0.2, 0) is 6.42 Å². The SMILES string of the molecule is COc1ccc(Cc2ncc(C(=O)O)c(C3CC3)n2)cc1. The summed E-state index contributed by atoms with van der Waals surface area (Å²) < 4.78 is 5.12. The van der Waals surface area contributed by atoms with Crippen LogP contribution >= 0.6 is 0 Å². The summed E-state index contributed by atoms with van der Waals surface area (Å²) in [5.41, 5.74) is 1.98. The summed E-state index contributed by atoms with van der Waals surface area (Å²) in [5, 5.41) is 9.19. The molecular weight excluding hydrogens is 268 g/mol. The molecule has 1 aliphatic rings. The van der Waals surface area contributed by atoms with Crippen molar-refractivity contribution < 1.29 is 14.6 Å². The molecule has 1 saturated carbocycles. The van der Waals surface area contributed by atoms with E-state index < -0.39 is 5.97 Å². The van der Waals surface area contributed by atoms with Gasteiger partial charge in [0.2, 0.25) is 0 Å². The van der Waals surface area contributed by atoms with Crippen LogP contribution in [0.4, 0.5) is 0 Å². The van der Waals surface area contributed by atoms with E-state index in [1.807, 2.05) is 24.3 Å². The van der Waals surface area contributed by atoms with E-state index in [1.165, 1.54) is 6.20 Å². The molecule has 21 heavy (non-hydrogen) atoms. The zero-order chi connectivity index (χ0) is 14.8. The van der Waals surface area contributed by atoms with Crippen molar-refractivity contribution >= 4 is 5.97 Å². The van der Waals surface area contributed by atoms with Gasteiger partial charge in [-0.2, -0.15) is 0 Å². The van der Waals surface area contributed by atoms with E-state index in [4.69, 9.17) is 4.74 Å². The number of carboxylic acid groups (broad SMARTS) is 1. The summed E-state index contributed by atoms with van der Waals surface area (Å²) in [6.45, 7) is 0. The minimum absolute atomic E-state index is 0.232. The summed E-state index contributed by atoms with van der Waals surface area (Å²) in [4.78, 5) is 19.9. The third kappa shape index (κ3) is 3.02. The molecule has 5 heteroatoms. The van der Waals surface area contributed by atoms with Crippen molar-refractivity contribution in [1.29, 1.82) is 0 Å². The molecule has 0 bridgehead atoms. The first kappa shape index (κ1) is 13.5. The van der Waals surface area contributed by atoms with Gasteiger partial charge in [-0.05, 0) is 30.5 Å². The zero-order valence-corrected chi connectivity index (χ0v) is 11.7. The predicted molar refractivity (Wildman–Crippen MR) is 76.8 cm³/mol. The van der Waals surface area contributed by atoms with Gasteiger partial charge in [-0.15, -0.1) is 0 Å². The van der Waals surface area contributed by atoms with E-state index in [1.54, 1.807) is 7.11 Å². The number of carbonyl (C=O) groups is 1. The van der Waals surface area contributed by atoms with E-state index in [0.717, 1.165) is 24.2 Å². The van der Waals surface area contributed by atoms with Crippen LogP contribution in [0, 0.1) is 0 Å². The maximum atomic E-state index is 11.2. The van der Waals surface area contributed by atoms with Gasteiger partial charge in [0.05, 0.1) is 18.4 Å². The second-order valence-corrected chi connectivity index (χ2v) is 5.19. The Labute approximate surface area is 122 Å². The van der Waals surface area contributed by atoms with Gasteiger partial charge >= 0.3 is 5.97 Å². The molecule has 1 heterocycles. The number of carboxylic acids is 1. The normalized spacial score (nSPS) is 14.0. The number of hydrogen-bond donors (Lipinski definition) is 1. The van der Waals surface area contributed by atoms with Crippen LogP contribution in [0.25, 0.3) is 0 Å². The largest absolute Gasteiger partial charge is 0.497 e. The molecule has 0 amide bonds. The molecular formula is C16H16N2O3. The molecule has 0 spiro atoms. The zero-order valence-electron chi connectivity index (χ0n) is 11.7. The lowest BCUT2D eigenvalue weighted by Gasteiger charge is -2.07. The Kier molecular flexibility index (Phi) is 3.56. The number of aromatic nitrogens is 2. The van der Waals surface area contributed by atoms with Crippen LogP contribution in [-0.4, -0.2) is 28.2 Å². The molecule has 5 nitrogen and oxygen atoms in total. The lowest BCUT2D eigenvalue weighted by Crippen LogP contribution is -2.08. The minimum Gasteiger partial charge on any atom is -0.497 e. The van der Waals surface area contributed by atoms with Crippen molar-refractivity contribution in [2.75, 3.05) is 7.11 Å². The fourth-order valence-electron chi connectivity index (χ4n) is 2.28. The highest BCUT2D eigenvalue weighted by Crippen LogP contribution is 2.40. The number of benzene rings is 1. The van der Waals surface area contributed by atoms with Crippen LogP contribution in [0.5, 0.6) is 5.75 Å². The Balaban J connectivity index is 1.84. The Morgan fingerprint density at radius 1 is 1.33 bits per heavy atom. The van der Waals surface area contributed by atoms with Crippen molar-refractivity contribution in [2.45, 2.75) is 25.2 Å². The van der Waals surface area contributed by atoms with E-state index in [9.17, 15) is 9.90 Å². The molecule has 2 aromatic rings. The van der Waals surface area contributed by atoms with Gasteiger partial charge < -0.3 is 9.84 Å². The van der Waals surface area contributed by atoms with Gasteiger partial charge in [-0.3, -0.25) is 0 Å². The highest BCUT2D eigenvalue weighted by molar-refractivity contribution is 5.88. The lowest BCUT2D eigenvalue weighted by molar-refractivity contribution is 0.0694. The fourth-order valence-corrected chi connectivity index (χ4v) is 2.28. The highest BCUT2D eigenvalue weighted by atomic mass is 16.5. The Bertz CT molecular complexity index is 664. The van der Waals surface area contributed by atoms with Crippen molar-refractivity contribution in [3.05, 3.63) is 53.1 Å². The first-order valence-electron chi connectivity index (χ1n) is 6.89. The highest BCUT2D eigenvalue weighted by Gasteiger charge is 2.30. The van der Waals surface area contributed by atoms with Gasteiger partial charge in [0.15, 0.2) is 0 Å². The second kappa shape index (κ2) is 5.52. The molecule has 3 rings (SSSR count). The Morgan fingerprint density at radius 3 is 2.62 bits per heavy atom. The molecule has 0 atom stereocenters. The molecule has 0 saturated heterocycles. The third-order valence-electron chi connectivity index (χ3n) is 3.58. The number of methoxy groups -OCH3 is 1. The maximum Gasteiger partial charge on any atom is 0.339 e. The van der Waals surface area contributed by atoms with Gasteiger partial charge in [0.25, 0.3) is 0 Å². The van der Waals surface area contributed by atoms with Crippen LogP contribution in [0.1, 0.15) is 46.2 Å². The minimum atomic E-state index is -0.951. The summed E-state index contributed by atoms with van der Waals surface area (Å²) in [7, 11) is 1.63. The molecule has 1 fully saturated rings. The van der Waals surface area contributed by atoms with Crippen molar-refractivity contribution in [2.24, 2.45) is 0 Å². The number of nitrogens with zero attached hydrogens (tertiary/aromatic N) is 2. The summed E-state index contributed by atoms with van der Waals surface area (Å²) in [6.07, 6.45) is 4.05. The number of ether oxygens (including phenoxy) is 1. The molecule has 0 unspecified atom stereocenters. The molecule has 108 valence electrons. The molecule has 0 radical (unpaired) electrons. The summed E-state index contributed by atoms with van der Waals surface area (Å²) in [6, 6.07) is 7.71. The Hall–Kier alpha value is -2.43. The Morgan fingerprint density at radius 2 is 2.05 bits per heavy atom. The van der Waals surface area contributed by atoms with Crippen molar-refractivity contribution in [1.82, 2.24) is 9.97 Å². The van der Waals surface area contributed by atoms with Crippen molar-refractivity contribution in [3.63, 3.8) is 0 Å². The monoisotopic (exact) mass is 284 g/mol. The predicted octanol–water partition coefficient (Wildman–Crippen LogP) is 2.65. The van der Waals surface area contributed by atoms with Gasteiger partial charge in [-0.1, -0.05) is 12.1 Å². The molecule has 0 aliphatic heterocycles. The van der Waals surface area contributed by atoms with Gasteiger partial charge in [0, 0.05) is 18.5 Å². The van der Waals surface area contributed by atoms with Crippen LogP contribution in [0.15, 0.2) is 30.5 Å². The third-order valence-corrected chi connectivity index (χ3v) is 3.58.